The third-order valence-corrected chi connectivity index (χ3v) is 6.40. The van der Waals surface area contributed by atoms with E-state index in [2.05, 4.69) is 16.5 Å². The smallest absolute Gasteiger partial charge is 0.250 e. The molecule has 1 aromatic rings. The summed E-state index contributed by atoms with van der Waals surface area (Å²) in [7, 11) is -3.31. The Morgan fingerprint density at radius 2 is 2.26 bits per heavy atom. The number of nitrogens with one attached hydrogen (secondary N) is 1. The van der Waals surface area contributed by atoms with Crippen molar-refractivity contribution in [2.45, 2.75) is 30.9 Å². The zero-order valence-corrected chi connectivity index (χ0v) is 13.2. The van der Waals surface area contributed by atoms with E-state index < -0.39 is 10.0 Å². The topological polar surface area (TPSA) is 49.4 Å². The van der Waals surface area contributed by atoms with Crippen LogP contribution in [0.4, 0.5) is 0 Å². The van der Waals surface area contributed by atoms with Crippen LogP contribution in [0.25, 0.3) is 0 Å². The summed E-state index contributed by atoms with van der Waals surface area (Å²) in [6.45, 7) is 7.63. The highest BCUT2D eigenvalue weighted by Gasteiger charge is 2.18. The second kappa shape index (κ2) is 6.35. The van der Waals surface area contributed by atoms with Crippen LogP contribution in [0.5, 0.6) is 0 Å². The highest BCUT2D eigenvalue weighted by Crippen LogP contribution is 2.20. The van der Waals surface area contributed by atoms with Gasteiger partial charge < -0.3 is 4.90 Å². The van der Waals surface area contributed by atoms with Gasteiger partial charge in [0.25, 0.3) is 0 Å². The lowest BCUT2D eigenvalue weighted by atomic mass is 10.0. The van der Waals surface area contributed by atoms with Crippen LogP contribution in [0.1, 0.15) is 24.6 Å². The van der Waals surface area contributed by atoms with Crippen LogP contribution in [-0.4, -0.2) is 39.5 Å². The van der Waals surface area contributed by atoms with Crippen LogP contribution in [0, 0.1) is 12.8 Å². The van der Waals surface area contributed by atoms with Gasteiger partial charge in [-0.05, 0) is 44.4 Å². The molecular formula is C13H22N2O2S2. The number of hydrogen-bond acceptors (Lipinski definition) is 4. The van der Waals surface area contributed by atoms with Gasteiger partial charge in [-0.15, -0.1) is 11.3 Å². The minimum atomic E-state index is -3.31. The zero-order valence-electron chi connectivity index (χ0n) is 11.6. The number of nitrogens with zero attached hydrogens (tertiary/aromatic N) is 1. The molecule has 0 saturated carbocycles. The molecule has 1 fully saturated rings. The summed E-state index contributed by atoms with van der Waals surface area (Å²) in [5.74, 6) is 0.727. The molecule has 19 heavy (non-hydrogen) atoms. The number of likely N-dealkylation sites (tertiary alicyclic amines) is 1. The zero-order chi connectivity index (χ0) is 13.9. The Balaban J connectivity index is 1.82. The van der Waals surface area contributed by atoms with Gasteiger partial charge in [-0.3, -0.25) is 0 Å². The van der Waals surface area contributed by atoms with Gasteiger partial charge in [-0.2, -0.15) is 0 Å². The molecule has 2 heterocycles. The quantitative estimate of drug-likeness (QED) is 0.906. The van der Waals surface area contributed by atoms with Gasteiger partial charge in [0, 0.05) is 24.5 Å². The first-order valence-electron chi connectivity index (χ1n) is 6.76. The number of aryl methyl sites for hydroxylation is 1. The summed E-state index contributed by atoms with van der Waals surface area (Å²) >= 11 is 1.32. The molecule has 108 valence electrons. The van der Waals surface area contributed by atoms with Crippen LogP contribution >= 0.6 is 11.3 Å². The Morgan fingerprint density at radius 1 is 1.47 bits per heavy atom. The third-order valence-electron chi connectivity index (χ3n) is 3.44. The summed E-state index contributed by atoms with van der Waals surface area (Å²) < 4.78 is 27.2. The van der Waals surface area contributed by atoms with E-state index in [9.17, 15) is 8.42 Å². The molecule has 0 amide bonds. The molecule has 6 heteroatoms. The Kier molecular flexibility index (Phi) is 5.00. The van der Waals surface area contributed by atoms with Crippen molar-refractivity contribution in [2.24, 2.45) is 5.92 Å². The van der Waals surface area contributed by atoms with Gasteiger partial charge in [0.05, 0.1) is 0 Å². The van der Waals surface area contributed by atoms with Gasteiger partial charge in [0.15, 0.2) is 0 Å². The minimum Gasteiger partial charge on any atom is -0.302 e. The molecule has 0 aromatic carbocycles. The van der Waals surface area contributed by atoms with E-state index in [1.165, 1.54) is 24.2 Å². The molecule has 1 atom stereocenters. The normalized spacial score (nSPS) is 21.7. The third kappa shape index (κ3) is 4.27. The van der Waals surface area contributed by atoms with E-state index in [1.54, 1.807) is 6.07 Å². The summed E-state index contributed by atoms with van der Waals surface area (Å²) in [4.78, 5) is 3.36. The van der Waals surface area contributed by atoms with Crippen LogP contribution in [0.2, 0.25) is 0 Å². The maximum absolute atomic E-state index is 12.0. The van der Waals surface area contributed by atoms with Crippen LogP contribution in [0.3, 0.4) is 0 Å². The first-order valence-corrected chi connectivity index (χ1v) is 9.06. The van der Waals surface area contributed by atoms with Crippen LogP contribution in [0.15, 0.2) is 16.3 Å². The Bertz CT molecular complexity index is 510. The van der Waals surface area contributed by atoms with Gasteiger partial charge in [0.1, 0.15) is 4.21 Å². The standard InChI is InChI=1S/C13H22N2O2S2/c1-11-4-3-8-15(10-11)9-7-14-19(16,17)13-6-5-12(2)18-13/h5-6,11,14H,3-4,7-10H2,1-2H3. The van der Waals surface area contributed by atoms with E-state index in [0.717, 1.165) is 30.4 Å². The Labute approximate surface area is 119 Å². The lowest BCUT2D eigenvalue weighted by Crippen LogP contribution is -2.39. The lowest BCUT2D eigenvalue weighted by Gasteiger charge is -2.30. The molecule has 1 N–H and O–H groups in total. The predicted octanol–water partition coefficient (Wildman–Crippen LogP) is 2.07. The monoisotopic (exact) mass is 302 g/mol. The lowest BCUT2D eigenvalue weighted by molar-refractivity contribution is 0.187. The largest absolute Gasteiger partial charge is 0.302 e. The average Bonchev–Trinajstić information content (AvgIpc) is 2.76. The van der Waals surface area contributed by atoms with Crippen molar-refractivity contribution in [2.75, 3.05) is 26.2 Å². The molecule has 4 nitrogen and oxygen atoms in total. The van der Waals surface area contributed by atoms with Gasteiger partial charge >= 0.3 is 0 Å². The molecule has 2 rings (SSSR count). The highest BCUT2D eigenvalue weighted by molar-refractivity contribution is 7.91. The SMILES string of the molecule is Cc1ccc(S(=O)(=O)NCCN2CCCC(C)C2)s1. The molecule has 1 saturated heterocycles. The number of sulfonamides is 1. The van der Waals surface area contributed by atoms with Crippen molar-refractivity contribution in [3.05, 3.63) is 17.0 Å². The molecular weight excluding hydrogens is 280 g/mol. The van der Waals surface area contributed by atoms with E-state index in [-0.39, 0.29) is 0 Å². The predicted molar refractivity (Wildman–Crippen MR) is 79.1 cm³/mol. The molecule has 0 radical (unpaired) electrons. The van der Waals surface area contributed by atoms with Gasteiger partial charge in [0.2, 0.25) is 10.0 Å². The maximum Gasteiger partial charge on any atom is 0.250 e. The second-order valence-corrected chi connectivity index (χ2v) is 8.59. The molecule has 1 aliphatic rings. The van der Waals surface area contributed by atoms with Gasteiger partial charge in [-0.25, -0.2) is 13.1 Å². The van der Waals surface area contributed by atoms with Crippen LogP contribution < -0.4 is 4.72 Å². The second-order valence-electron chi connectivity index (χ2n) is 5.31. The fraction of sp³-hybridized carbons (Fsp3) is 0.692. The first-order chi connectivity index (χ1) is 8.97. The molecule has 0 aliphatic carbocycles. The molecule has 1 aliphatic heterocycles. The summed E-state index contributed by atoms with van der Waals surface area (Å²) in [6.07, 6.45) is 2.51. The van der Waals surface area contributed by atoms with Crippen molar-refractivity contribution in [1.82, 2.24) is 9.62 Å². The molecule has 1 aromatic heterocycles. The van der Waals surface area contributed by atoms with Crippen molar-refractivity contribution in [3.8, 4) is 0 Å². The number of rotatable bonds is 5. The van der Waals surface area contributed by atoms with Crippen molar-refractivity contribution in [1.29, 1.82) is 0 Å². The number of thiophene rings is 1. The molecule has 0 spiro atoms. The minimum absolute atomic E-state index is 0.414. The summed E-state index contributed by atoms with van der Waals surface area (Å²) in [6, 6.07) is 3.51. The fourth-order valence-electron chi connectivity index (χ4n) is 2.46. The van der Waals surface area contributed by atoms with E-state index in [4.69, 9.17) is 0 Å². The van der Waals surface area contributed by atoms with E-state index in [1.807, 2.05) is 13.0 Å². The average molecular weight is 302 g/mol. The fourth-order valence-corrected chi connectivity index (χ4v) is 4.80. The number of piperidine rings is 1. The Hall–Kier alpha value is -0.430. The summed E-state index contributed by atoms with van der Waals surface area (Å²) in [5, 5.41) is 0. The molecule has 0 bridgehead atoms. The summed E-state index contributed by atoms with van der Waals surface area (Å²) in [5.41, 5.74) is 0. The van der Waals surface area contributed by atoms with E-state index in [0.29, 0.717) is 10.8 Å². The number of hydrogen-bond donors (Lipinski definition) is 1. The van der Waals surface area contributed by atoms with Crippen molar-refractivity contribution < 1.29 is 8.42 Å². The van der Waals surface area contributed by atoms with E-state index >= 15 is 0 Å². The van der Waals surface area contributed by atoms with Crippen molar-refractivity contribution in [3.63, 3.8) is 0 Å². The molecule has 1 unspecified atom stereocenters. The first kappa shape index (κ1) is 15.0. The maximum atomic E-state index is 12.0. The van der Waals surface area contributed by atoms with Crippen LogP contribution in [-0.2, 0) is 10.0 Å². The highest BCUT2D eigenvalue weighted by atomic mass is 32.2. The van der Waals surface area contributed by atoms with Crippen molar-refractivity contribution >= 4 is 21.4 Å². The van der Waals surface area contributed by atoms with Gasteiger partial charge in [-0.1, -0.05) is 6.92 Å². The Morgan fingerprint density at radius 3 is 2.89 bits per heavy atom.